The highest BCUT2D eigenvalue weighted by atomic mass is 35.5. The molecule has 0 saturated heterocycles. The molecule has 188 valence electrons. The van der Waals surface area contributed by atoms with E-state index in [0.717, 1.165) is 23.3 Å². The first-order valence-corrected chi connectivity index (χ1v) is 12.6. The number of ether oxygens (including phenoxy) is 1. The number of esters is 1. The summed E-state index contributed by atoms with van der Waals surface area (Å²) in [5, 5.41) is 23.9. The van der Waals surface area contributed by atoms with Crippen LogP contribution >= 0.6 is 24.0 Å². The first-order chi connectivity index (χ1) is 16.2. The molecule has 3 aromatic carbocycles. The molecule has 35 heavy (non-hydrogen) atoms. The molecule has 0 radical (unpaired) electrons. The van der Waals surface area contributed by atoms with Crippen LogP contribution in [0, 0.1) is 0 Å². The largest absolute Gasteiger partial charge is 0.507 e. The zero-order chi connectivity index (χ0) is 24.7. The molecule has 0 fully saturated rings. The average molecular weight is 540 g/mol. The maximum Gasteiger partial charge on any atom is 0.341 e. The number of hydrogen-bond donors (Lipinski definition) is 3. The van der Waals surface area contributed by atoms with Crippen LogP contribution in [0.15, 0.2) is 76.5 Å². The molecule has 1 atom stereocenters. The summed E-state index contributed by atoms with van der Waals surface area (Å²) in [6, 6.07) is 17.0. The van der Waals surface area contributed by atoms with E-state index in [1.165, 1.54) is 18.2 Å². The minimum absolute atomic E-state index is 0. The van der Waals surface area contributed by atoms with E-state index < -0.39 is 21.9 Å². The van der Waals surface area contributed by atoms with Crippen LogP contribution in [-0.2, 0) is 21.0 Å². The van der Waals surface area contributed by atoms with Crippen molar-refractivity contribution in [2.24, 2.45) is 0 Å². The Kier molecular flexibility index (Phi) is 10.5. The highest BCUT2D eigenvalue weighted by Gasteiger charge is 2.22. The summed E-state index contributed by atoms with van der Waals surface area (Å²) in [6.45, 7) is 2.67. The van der Waals surface area contributed by atoms with Gasteiger partial charge in [0.25, 0.3) is 0 Å². The summed E-state index contributed by atoms with van der Waals surface area (Å²) >= 11 is 5.95. The number of phenols is 1. The SMILES string of the molecule is CCOC(=O)c1cc(S(=O)(=O)c2ccc(CCNC[C@H](O)c3cccc(Cl)c3)cc2)ccc1O.Cl. The Hall–Kier alpha value is -2.62. The lowest BCUT2D eigenvalue weighted by Gasteiger charge is -2.13. The summed E-state index contributed by atoms with van der Waals surface area (Å²) in [7, 11) is -3.89. The molecule has 3 rings (SSSR count). The van der Waals surface area contributed by atoms with Crippen LogP contribution < -0.4 is 5.32 Å². The van der Waals surface area contributed by atoms with Gasteiger partial charge in [-0.3, -0.25) is 0 Å². The Balaban J connectivity index is 0.00000432. The molecule has 0 heterocycles. The van der Waals surface area contributed by atoms with Gasteiger partial charge in [-0.15, -0.1) is 12.4 Å². The number of aliphatic hydroxyl groups is 1. The molecule has 7 nitrogen and oxygen atoms in total. The number of nitrogens with one attached hydrogen (secondary N) is 1. The van der Waals surface area contributed by atoms with Gasteiger partial charge >= 0.3 is 5.97 Å². The molecule has 3 N–H and O–H groups in total. The fourth-order valence-corrected chi connectivity index (χ4v) is 4.81. The second-order valence-corrected chi connectivity index (χ2v) is 9.96. The molecule has 0 aliphatic heterocycles. The van der Waals surface area contributed by atoms with Gasteiger partial charge in [-0.2, -0.15) is 0 Å². The molecule has 0 aliphatic rings. The zero-order valence-electron chi connectivity index (χ0n) is 19.0. The minimum Gasteiger partial charge on any atom is -0.507 e. The van der Waals surface area contributed by atoms with Crippen molar-refractivity contribution in [2.75, 3.05) is 19.7 Å². The van der Waals surface area contributed by atoms with Crippen molar-refractivity contribution >= 4 is 39.8 Å². The molecule has 0 aromatic heterocycles. The van der Waals surface area contributed by atoms with E-state index in [-0.39, 0.29) is 40.1 Å². The summed E-state index contributed by atoms with van der Waals surface area (Å²) in [6.07, 6.45) is -0.0505. The van der Waals surface area contributed by atoms with Crippen LogP contribution in [0.2, 0.25) is 5.02 Å². The van der Waals surface area contributed by atoms with E-state index in [9.17, 15) is 23.4 Å². The Morgan fingerprint density at radius 1 is 1.06 bits per heavy atom. The number of hydrogen-bond acceptors (Lipinski definition) is 7. The molecular formula is C25H27Cl2NO6S. The van der Waals surface area contributed by atoms with E-state index in [4.69, 9.17) is 16.3 Å². The third-order valence-corrected chi connectivity index (χ3v) is 7.17. The van der Waals surface area contributed by atoms with Crippen LogP contribution in [0.25, 0.3) is 0 Å². The fourth-order valence-electron chi connectivity index (χ4n) is 3.33. The molecule has 0 saturated carbocycles. The van der Waals surface area contributed by atoms with Gasteiger partial charge in [0.05, 0.1) is 22.5 Å². The van der Waals surface area contributed by atoms with Crippen LogP contribution in [-0.4, -0.2) is 44.3 Å². The second-order valence-electron chi connectivity index (χ2n) is 7.57. The predicted molar refractivity (Wildman–Crippen MR) is 136 cm³/mol. The van der Waals surface area contributed by atoms with Gasteiger partial charge in [0.1, 0.15) is 11.3 Å². The molecule has 10 heteroatoms. The Morgan fingerprint density at radius 2 is 1.74 bits per heavy atom. The lowest BCUT2D eigenvalue weighted by molar-refractivity contribution is 0.0522. The van der Waals surface area contributed by atoms with E-state index in [1.54, 1.807) is 43.3 Å². The first-order valence-electron chi connectivity index (χ1n) is 10.7. The third-order valence-electron chi connectivity index (χ3n) is 5.17. The Morgan fingerprint density at radius 3 is 2.40 bits per heavy atom. The van der Waals surface area contributed by atoms with Crippen molar-refractivity contribution in [3.8, 4) is 5.75 Å². The van der Waals surface area contributed by atoms with E-state index in [1.807, 2.05) is 0 Å². The summed E-state index contributed by atoms with van der Waals surface area (Å²) in [5.74, 6) is -1.14. The van der Waals surface area contributed by atoms with E-state index in [2.05, 4.69) is 5.32 Å². The zero-order valence-corrected chi connectivity index (χ0v) is 21.4. The van der Waals surface area contributed by atoms with Gasteiger partial charge < -0.3 is 20.3 Å². The maximum absolute atomic E-state index is 13.0. The number of phenolic OH excluding ortho intramolecular Hbond substituents is 1. The summed E-state index contributed by atoms with van der Waals surface area (Å²) in [4.78, 5) is 11.9. The Labute approximate surface area is 216 Å². The monoisotopic (exact) mass is 539 g/mol. The molecule has 0 unspecified atom stereocenters. The van der Waals surface area contributed by atoms with Crippen LogP contribution in [0.4, 0.5) is 0 Å². The van der Waals surface area contributed by atoms with Crippen molar-refractivity contribution in [1.82, 2.24) is 5.32 Å². The maximum atomic E-state index is 13.0. The normalized spacial score (nSPS) is 12.0. The van der Waals surface area contributed by atoms with Gasteiger partial charge in [-0.25, -0.2) is 13.2 Å². The third kappa shape index (κ3) is 7.43. The van der Waals surface area contributed by atoms with Crippen molar-refractivity contribution in [1.29, 1.82) is 0 Å². The molecule has 0 bridgehead atoms. The number of aliphatic hydroxyl groups excluding tert-OH is 1. The topological polar surface area (TPSA) is 113 Å². The molecular weight excluding hydrogens is 513 g/mol. The predicted octanol–water partition coefficient (Wildman–Crippen LogP) is 4.34. The van der Waals surface area contributed by atoms with Gasteiger partial charge in [0, 0.05) is 11.6 Å². The summed E-state index contributed by atoms with van der Waals surface area (Å²) < 4.78 is 30.9. The highest BCUT2D eigenvalue weighted by molar-refractivity contribution is 7.91. The smallest absolute Gasteiger partial charge is 0.341 e. The number of halogens is 2. The van der Waals surface area contributed by atoms with Gasteiger partial charge in [0.2, 0.25) is 9.84 Å². The number of benzene rings is 3. The van der Waals surface area contributed by atoms with Crippen molar-refractivity contribution < 1.29 is 28.2 Å². The molecule has 0 spiro atoms. The average Bonchev–Trinajstić information content (AvgIpc) is 2.82. The number of aromatic hydroxyl groups is 1. The minimum atomic E-state index is -3.89. The molecule has 3 aromatic rings. The second kappa shape index (κ2) is 12.9. The van der Waals surface area contributed by atoms with Gasteiger partial charge in [-0.1, -0.05) is 35.9 Å². The van der Waals surface area contributed by atoms with Crippen molar-refractivity contribution in [3.05, 3.63) is 88.4 Å². The van der Waals surface area contributed by atoms with Crippen LogP contribution in [0.3, 0.4) is 0 Å². The van der Waals surface area contributed by atoms with Gasteiger partial charge in [-0.05, 0) is 73.5 Å². The summed E-state index contributed by atoms with van der Waals surface area (Å²) in [5.41, 5.74) is 1.45. The van der Waals surface area contributed by atoms with Gasteiger partial charge in [0.15, 0.2) is 0 Å². The van der Waals surface area contributed by atoms with Crippen molar-refractivity contribution in [3.63, 3.8) is 0 Å². The number of carbonyl (C=O) groups excluding carboxylic acids is 1. The Bertz CT molecular complexity index is 1250. The van der Waals surface area contributed by atoms with E-state index >= 15 is 0 Å². The highest BCUT2D eigenvalue weighted by Crippen LogP contribution is 2.27. The number of rotatable bonds is 10. The quantitative estimate of drug-likeness (QED) is 0.259. The number of sulfone groups is 1. The molecule has 0 aliphatic carbocycles. The molecule has 0 amide bonds. The first kappa shape index (κ1) is 28.6. The number of carbonyl (C=O) groups is 1. The fraction of sp³-hybridized carbons (Fsp3) is 0.240. The van der Waals surface area contributed by atoms with E-state index in [0.29, 0.717) is 24.5 Å². The lowest BCUT2D eigenvalue weighted by Crippen LogP contribution is -2.23. The standard InChI is InChI=1S/C25H26ClNO6S.ClH/c1-2-33-25(30)22-15-21(10-11-23(22)28)34(31,32)20-8-6-17(7-9-20)12-13-27-16-24(29)18-4-3-5-19(26)14-18;/h3-11,14-15,24,27-29H,2,12-13,16H2,1H3;1H/t24-;/m0./s1. The lowest BCUT2D eigenvalue weighted by atomic mass is 10.1. The van der Waals surface area contributed by atoms with Crippen LogP contribution in [0.1, 0.15) is 34.5 Å². The van der Waals surface area contributed by atoms with Crippen LogP contribution in [0.5, 0.6) is 5.75 Å². The van der Waals surface area contributed by atoms with Crippen molar-refractivity contribution in [2.45, 2.75) is 29.2 Å².